The Morgan fingerprint density at radius 3 is 0.591 bits per heavy atom. The van der Waals surface area contributed by atoms with E-state index in [4.69, 9.17) is 60.6 Å². The molecule has 0 atom stereocenters. The predicted molar refractivity (Wildman–Crippen MR) is 42.2 cm³/mol. The van der Waals surface area contributed by atoms with Crippen molar-refractivity contribution in [3.8, 4) is 0 Å². The Morgan fingerprint density at radius 1 is 0.545 bits per heavy atom. The second-order valence-electron chi connectivity index (χ2n) is 1.37. The second kappa shape index (κ2) is 31.6. The van der Waals surface area contributed by atoms with Gasteiger partial charge in [0.15, 0.2) is 0 Å². The zero-order valence-corrected chi connectivity index (χ0v) is 14.5. The Morgan fingerprint density at radius 2 is 0.591 bits per heavy atom. The van der Waals surface area contributed by atoms with Crippen molar-refractivity contribution in [1.29, 1.82) is 0 Å². The summed E-state index contributed by atoms with van der Waals surface area (Å²) < 4.78 is 0. The summed E-state index contributed by atoms with van der Waals surface area (Å²) in [6.07, 6.45) is -7.76. The summed E-state index contributed by atoms with van der Waals surface area (Å²) in [6, 6.07) is 0. The van der Waals surface area contributed by atoms with Gasteiger partial charge in [-0.25, -0.2) is 0 Å². The molecule has 0 bridgehead atoms. The number of hydrogen-bond acceptors (Lipinski definition) is 16. The number of carbonyl (C=O) groups is 4. The van der Waals surface area contributed by atoms with E-state index in [9.17, 15) is 0 Å². The van der Waals surface area contributed by atoms with Crippen molar-refractivity contribution in [2.45, 2.75) is 0 Å². The van der Waals surface area contributed by atoms with Crippen molar-refractivity contribution in [1.82, 2.24) is 0 Å². The Balaban J connectivity index is -0.0000000376. The monoisotopic (exact) mass is 396 g/mol. The van der Waals surface area contributed by atoms with Gasteiger partial charge in [0, 0.05) is 0 Å². The van der Waals surface area contributed by atoms with Gasteiger partial charge in [-0.1, -0.05) is 0 Å². The zero-order chi connectivity index (χ0) is 17.1. The summed E-state index contributed by atoms with van der Waals surface area (Å²) in [7, 11) is 0. The third-order valence-corrected chi connectivity index (χ3v) is 0.298. The molecular formula is C4H4MgO16Zn. The average Bonchev–Trinajstić information content (AvgIpc) is 2.40. The van der Waals surface area contributed by atoms with Crippen LogP contribution in [-0.2, 0) is 39.0 Å². The van der Waals surface area contributed by atoms with Crippen LogP contribution in [0.3, 0.4) is 0 Å². The van der Waals surface area contributed by atoms with E-state index in [-0.39, 0.29) is 42.5 Å². The maximum atomic E-state index is 8.78. The van der Waals surface area contributed by atoms with Crippen LogP contribution in [0.1, 0.15) is 0 Å². The first-order chi connectivity index (χ1) is 9.08. The minimum Gasteiger partial charge on any atom is -0.424 e. The molecule has 22 heavy (non-hydrogen) atoms. The van der Waals surface area contributed by atoms with Gasteiger partial charge in [-0.3, -0.25) is 21.0 Å². The van der Waals surface area contributed by atoms with Crippen LogP contribution in [0, 0.1) is 0 Å². The molecule has 0 rings (SSSR count). The topological polar surface area (TPSA) is 278 Å². The molecule has 0 aromatic rings. The van der Waals surface area contributed by atoms with Crippen molar-refractivity contribution >= 4 is 47.7 Å². The summed E-state index contributed by atoms with van der Waals surface area (Å²) >= 11 is 0. The Hall–Kier alpha value is -1.69. The van der Waals surface area contributed by atoms with E-state index in [1.807, 2.05) is 0 Å². The van der Waals surface area contributed by atoms with Gasteiger partial charge < -0.3 is 59.2 Å². The van der Waals surface area contributed by atoms with Crippen LogP contribution in [0.5, 0.6) is 0 Å². The van der Waals surface area contributed by atoms with E-state index in [1.165, 1.54) is 0 Å². The molecule has 0 amide bonds. The van der Waals surface area contributed by atoms with Crippen molar-refractivity contribution in [2.24, 2.45) is 0 Å². The molecule has 0 saturated heterocycles. The molecule has 18 heteroatoms. The number of rotatable bonds is 0. The summed E-state index contributed by atoms with van der Waals surface area (Å²) in [6.45, 7) is 0. The zero-order valence-electron chi connectivity index (χ0n) is 10.1. The molecule has 120 valence electrons. The third kappa shape index (κ3) is 138. The van der Waals surface area contributed by atoms with E-state index >= 15 is 0 Å². The first-order valence-electron chi connectivity index (χ1n) is 3.18. The van der Waals surface area contributed by atoms with Gasteiger partial charge in [0.2, 0.25) is 0 Å². The van der Waals surface area contributed by atoms with Crippen LogP contribution in [0.15, 0.2) is 0 Å². The quantitative estimate of drug-likeness (QED) is 0.128. The summed E-state index contributed by atoms with van der Waals surface area (Å²) in [4.78, 5) is 45.4. The van der Waals surface area contributed by atoms with Gasteiger partial charge in [0.05, 0.1) is 0 Å². The molecule has 0 aromatic carbocycles. The van der Waals surface area contributed by atoms with Crippen molar-refractivity contribution in [2.75, 3.05) is 0 Å². The smallest absolute Gasteiger partial charge is 0.424 e. The van der Waals surface area contributed by atoms with Gasteiger partial charge in [-0.2, -0.15) is 0 Å². The molecule has 0 radical (unpaired) electrons. The molecule has 0 aliphatic heterocycles. The van der Waals surface area contributed by atoms with Gasteiger partial charge in [0.25, 0.3) is 24.6 Å². The van der Waals surface area contributed by atoms with Crippen LogP contribution in [0.25, 0.3) is 0 Å². The van der Waals surface area contributed by atoms with Crippen LogP contribution in [-0.4, -0.2) is 68.7 Å². The minimum atomic E-state index is -1.94. The van der Waals surface area contributed by atoms with E-state index in [2.05, 4.69) is 19.6 Å². The summed E-state index contributed by atoms with van der Waals surface area (Å²) in [5, 5.41) is 63.1. The maximum Gasteiger partial charge on any atom is 2.00 e. The van der Waals surface area contributed by atoms with Crippen molar-refractivity contribution in [3.05, 3.63) is 0 Å². The largest absolute Gasteiger partial charge is 2.00 e. The molecule has 0 heterocycles. The summed E-state index contributed by atoms with van der Waals surface area (Å²) in [5.74, 6) is 0. The molecule has 4 N–H and O–H groups in total. The predicted octanol–water partition coefficient (Wildman–Crippen LogP) is -5.11. The second-order valence-corrected chi connectivity index (χ2v) is 1.37. The van der Waals surface area contributed by atoms with E-state index in [0.717, 1.165) is 0 Å². The molecule has 0 aromatic heterocycles. The number of carboxylic acid groups (broad SMARTS) is 4. The van der Waals surface area contributed by atoms with Gasteiger partial charge in [0.1, 0.15) is 0 Å². The van der Waals surface area contributed by atoms with E-state index in [0.29, 0.717) is 0 Å². The van der Waals surface area contributed by atoms with E-state index < -0.39 is 24.6 Å². The van der Waals surface area contributed by atoms with Gasteiger partial charge in [-0.15, -0.1) is 0 Å². The Bertz CT molecular complexity index is 223. The van der Waals surface area contributed by atoms with Crippen LogP contribution >= 0.6 is 0 Å². The van der Waals surface area contributed by atoms with Crippen molar-refractivity contribution in [3.63, 3.8) is 0 Å². The SMILES string of the molecule is O=C([O-])OO.O=C([O-])OO.O=C([O-])OO.O=C([O-])OO.[Mg+2].[Zn+2]. The number of hydrogen-bond donors (Lipinski definition) is 4. The molecule has 16 nitrogen and oxygen atoms in total. The Kier molecular flexibility index (Phi) is 53.1. The first kappa shape index (κ1) is 37.0. The fourth-order valence-corrected chi connectivity index (χ4v) is 0. The molecule has 0 unspecified atom stereocenters. The first-order valence-corrected chi connectivity index (χ1v) is 3.18. The van der Waals surface area contributed by atoms with E-state index in [1.54, 1.807) is 0 Å². The Labute approximate surface area is 147 Å². The van der Waals surface area contributed by atoms with Crippen LogP contribution < -0.4 is 20.4 Å². The standard InChI is InChI=1S/4CH2O4.Mg.Zn/c4*2-1(3)5-4;;/h4*4H,(H,2,3);;/q;;;;2*+2/p-4. The summed E-state index contributed by atoms with van der Waals surface area (Å²) in [5.41, 5.74) is 0. The number of carbonyl (C=O) groups excluding carboxylic acids is 4. The van der Waals surface area contributed by atoms with Gasteiger partial charge in [-0.05, 0) is 0 Å². The third-order valence-electron chi connectivity index (χ3n) is 0.298. The normalized spacial score (nSPS) is 6.00. The molecular weight excluding hydrogens is 394 g/mol. The minimum absolute atomic E-state index is 0. The fraction of sp³-hybridized carbons (Fsp3) is 0. The van der Waals surface area contributed by atoms with Crippen molar-refractivity contribution < 1.29 is 99.7 Å². The molecule has 0 saturated carbocycles. The maximum absolute atomic E-state index is 8.78. The van der Waals surface area contributed by atoms with Gasteiger partial charge >= 0.3 is 42.5 Å². The molecule has 0 aliphatic carbocycles. The molecule has 0 aliphatic rings. The molecule has 0 spiro atoms. The van der Waals surface area contributed by atoms with Crippen LogP contribution in [0.4, 0.5) is 19.2 Å². The molecule has 0 fully saturated rings. The van der Waals surface area contributed by atoms with Crippen LogP contribution in [0.2, 0.25) is 0 Å². The average molecular weight is 398 g/mol. The fourth-order valence-electron chi connectivity index (χ4n) is 0.